The van der Waals surface area contributed by atoms with Crippen LogP contribution in [0.2, 0.25) is 0 Å². The molecule has 2 atom stereocenters. The number of amides is 1. The maximum Gasteiger partial charge on any atom is 0.338 e. The molecule has 0 radical (unpaired) electrons. The molecule has 8 heteroatoms. The van der Waals surface area contributed by atoms with Crippen LogP contribution in [0.25, 0.3) is 0 Å². The Bertz CT molecular complexity index is 846. The number of benzene rings is 1. The third-order valence-electron chi connectivity index (χ3n) is 4.18. The van der Waals surface area contributed by atoms with Gasteiger partial charge in [0.25, 0.3) is 5.89 Å². The number of hydrogen-bond acceptors (Lipinski definition) is 7. The van der Waals surface area contributed by atoms with Gasteiger partial charge in [-0.05, 0) is 44.9 Å². The van der Waals surface area contributed by atoms with Crippen LogP contribution in [0.3, 0.4) is 0 Å². The van der Waals surface area contributed by atoms with Crippen molar-refractivity contribution in [2.75, 3.05) is 5.32 Å². The second-order valence-electron chi connectivity index (χ2n) is 6.27. The van der Waals surface area contributed by atoms with Gasteiger partial charge in [0.1, 0.15) is 0 Å². The van der Waals surface area contributed by atoms with E-state index >= 15 is 0 Å². The molecule has 2 heterocycles. The minimum Gasteiger partial charge on any atom is -0.449 e. The highest BCUT2D eigenvalue weighted by molar-refractivity contribution is 8.00. The second-order valence-corrected chi connectivity index (χ2v) is 7.66. The Labute approximate surface area is 148 Å². The number of thioether (sulfide) groups is 1. The standard InChI is InChI=1S/C17H17N3O4S/c1-8(16-19-14(20-24-16)10-3-4-10)23-17(22)11-5-6-13-12(7-11)18-15(21)9(2)25-13/h5-10H,3-4H2,1-2H3,(H,18,21). The molecule has 2 aliphatic rings. The Morgan fingerprint density at radius 3 is 3.00 bits per heavy atom. The summed E-state index contributed by atoms with van der Waals surface area (Å²) >= 11 is 1.47. The zero-order valence-corrected chi connectivity index (χ0v) is 14.6. The number of nitrogens with zero attached hydrogens (tertiary/aromatic N) is 2. The molecule has 1 aromatic heterocycles. The van der Waals surface area contributed by atoms with E-state index in [0.29, 0.717) is 28.9 Å². The number of aromatic nitrogens is 2. The van der Waals surface area contributed by atoms with Crippen molar-refractivity contribution in [1.82, 2.24) is 10.1 Å². The van der Waals surface area contributed by atoms with Gasteiger partial charge in [0.15, 0.2) is 11.9 Å². The van der Waals surface area contributed by atoms with Crippen molar-refractivity contribution in [3.05, 3.63) is 35.5 Å². The molecule has 2 aromatic rings. The normalized spacial score (nSPS) is 20.6. The molecule has 0 bridgehead atoms. The van der Waals surface area contributed by atoms with Gasteiger partial charge in [0, 0.05) is 10.8 Å². The Kier molecular flexibility index (Phi) is 3.99. The van der Waals surface area contributed by atoms with E-state index in [-0.39, 0.29) is 11.2 Å². The van der Waals surface area contributed by atoms with Crippen molar-refractivity contribution >= 4 is 29.3 Å². The van der Waals surface area contributed by atoms with Gasteiger partial charge < -0.3 is 14.6 Å². The molecule has 1 fully saturated rings. The molecule has 1 N–H and O–H groups in total. The van der Waals surface area contributed by atoms with Crippen LogP contribution in [-0.2, 0) is 9.53 Å². The van der Waals surface area contributed by atoms with E-state index in [9.17, 15) is 9.59 Å². The summed E-state index contributed by atoms with van der Waals surface area (Å²) in [4.78, 5) is 29.4. The van der Waals surface area contributed by atoms with Crippen LogP contribution in [0.5, 0.6) is 0 Å². The summed E-state index contributed by atoms with van der Waals surface area (Å²) in [5, 5.41) is 6.58. The lowest BCUT2D eigenvalue weighted by Gasteiger charge is -2.21. The minimum atomic E-state index is -0.632. The van der Waals surface area contributed by atoms with E-state index < -0.39 is 12.1 Å². The molecule has 1 aliphatic heterocycles. The summed E-state index contributed by atoms with van der Waals surface area (Å²) in [6, 6.07) is 5.13. The van der Waals surface area contributed by atoms with E-state index in [1.54, 1.807) is 19.1 Å². The zero-order valence-electron chi connectivity index (χ0n) is 13.8. The number of hydrogen-bond donors (Lipinski definition) is 1. The third kappa shape index (κ3) is 3.26. The van der Waals surface area contributed by atoms with E-state index in [4.69, 9.17) is 9.26 Å². The van der Waals surface area contributed by atoms with Crippen molar-refractivity contribution in [3.63, 3.8) is 0 Å². The van der Waals surface area contributed by atoms with Gasteiger partial charge in [-0.1, -0.05) is 5.16 Å². The molecule has 1 aliphatic carbocycles. The molecule has 7 nitrogen and oxygen atoms in total. The number of esters is 1. The molecule has 1 aromatic carbocycles. The average Bonchev–Trinajstić information content (AvgIpc) is 3.32. The number of ether oxygens (including phenoxy) is 1. The molecule has 130 valence electrons. The first-order chi connectivity index (χ1) is 12.0. The first-order valence-electron chi connectivity index (χ1n) is 8.17. The van der Waals surface area contributed by atoms with Crippen LogP contribution in [-0.4, -0.2) is 27.3 Å². The molecule has 1 amide bonds. The predicted molar refractivity (Wildman–Crippen MR) is 90.5 cm³/mol. The van der Waals surface area contributed by atoms with Crippen molar-refractivity contribution in [1.29, 1.82) is 0 Å². The Morgan fingerprint density at radius 1 is 1.44 bits per heavy atom. The van der Waals surface area contributed by atoms with Gasteiger partial charge >= 0.3 is 5.97 Å². The number of carbonyl (C=O) groups is 2. The maximum absolute atomic E-state index is 12.4. The fraction of sp³-hybridized carbons (Fsp3) is 0.412. The molecule has 0 saturated heterocycles. The van der Waals surface area contributed by atoms with Crippen LogP contribution in [0, 0.1) is 0 Å². The molecule has 4 rings (SSSR count). The molecular formula is C17H17N3O4S. The van der Waals surface area contributed by atoms with Crippen molar-refractivity contribution in [3.8, 4) is 0 Å². The van der Waals surface area contributed by atoms with E-state index in [1.165, 1.54) is 11.8 Å². The van der Waals surface area contributed by atoms with E-state index in [2.05, 4.69) is 15.5 Å². The zero-order chi connectivity index (χ0) is 17.6. The lowest BCUT2D eigenvalue weighted by molar-refractivity contribution is -0.115. The Balaban J connectivity index is 1.47. The fourth-order valence-corrected chi connectivity index (χ4v) is 3.46. The molecule has 1 saturated carbocycles. The number of rotatable bonds is 4. The Morgan fingerprint density at radius 2 is 2.24 bits per heavy atom. The van der Waals surface area contributed by atoms with Crippen LogP contribution in [0.1, 0.15) is 60.8 Å². The minimum absolute atomic E-state index is 0.0742. The smallest absolute Gasteiger partial charge is 0.338 e. The summed E-state index contributed by atoms with van der Waals surface area (Å²) < 4.78 is 10.6. The number of anilines is 1. The van der Waals surface area contributed by atoms with Crippen molar-refractivity contribution in [2.24, 2.45) is 0 Å². The highest BCUT2D eigenvalue weighted by Crippen LogP contribution is 2.39. The van der Waals surface area contributed by atoms with Gasteiger partial charge in [0.05, 0.1) is 16.5 Å². The summed E-state index contributed by atoms with van der Waals surface area (Å²) in [6.45, 7) is 3.53. The first kappa shape index (κ1) is 16.1. The van der Waals surface area contributed by atoms with Gasteiger partial charge in [-0.3, -0.25) is 4.79 Å². The lowest BCUT2D eigenvalue weighted by Crippen LogP contribution is -2.26. The summed E-state index contributed by atoms with van der Waals surface area (Å²) in [5.41, 5.74) is 0.993. The summed E-state index contributed by atoms with van der Waals surface area (Å²) in [6.07, 6.45) is 1.52. The SMILES string of the molecule is CC1Sc2ccc(C(=O)OC(C)c3nc(C4CC4)no3)cc2NC1=O. The molecule has 25 heavy (non-hydrogen) atoms. The van der Waals surface area contributed by atoms with E-state index in [1.807, 2.05) is 13.0 Å². The molecular weight excluding hydrogens is 342 g/mol. The second kappa shape index (κ2) is 6.18. The fourth-order valence-electron chi connectivity index (χ4n) is 2.53. The number of carbonyl (C=O) groups excluding carboxylic acids is 2. The number of fused-ring (bicyclic) bond motifs is 1. The summed E-state index contributed by atoms with van der Waals surface area (Å²) in [7, 11) is 0. The van der Waals surface area contributed by atoms with Crippen LogP contribution in [0.4, 0.5) is 5.69 Å². The monoisotopic (exact) mass is 359 g/mol. The van der Waals surface area contributed by atoms with Gasteiger partial charge in [0.2, 0.25) is 5.91 Å². The average molecular weight is 359 g/mol. The first-order valence-corrected chi connectivity index (χ1v) is 9.05. The van der Waals surface area contributed by atoms with Crippen LogP contribution in [0.15, 0.2) is 27.6 Å². The van der Waals surface area contributed by atoms with E-state index in [0.717, 1.165) is 17.7 Å². The number of nitrogens with one attached hydrogen (secondary N) is 1. The lowest BCUT2D eigenvalue weighted by atomic mass is 10.2. The quantitative estimate of drug-likeness (QED) is 0.837. The van der Waals surface area contributed by atoms with Gasteiger partial charge in [-0.2, -0.15) is 4.98 Å². The summed E-state index contributed by atoms with van der Waals surface area (Å²) in [5.74, 6) is 0.783. The molecule has 2 unspecified atom stereocenters. The van der Waals surface area contributed by atoms with Crippen molar-refractivity contribution in [2.45, 2.75) is 48.9 Å². The van der Waals surface area contributed by atoms with Gasteiger partial charge in [-0.25, -0.2) is 4.79 Å². The third-order valence-corrected chi connectivity index (χ3v) is 5.36. The van der Waals surface area contributed by atoms with Crippen LogP contribution < -0.4 is 5.32 Å². The van der Waals surface area contributed by atoms with Gasteiger partial charge in [-0.15, -0.1) is 11.8 Å². The highest BCUT2D eigenvalue weighted by Gasteiger charge is 2.30. The predicted octanol–water partition coefficient (Wildman–Crippen LogP) is 3.30. The largest absolute Gasteiger partial charge is 0.449 e. The van der Waals surface area contributed by atoms with Crippen LogP contribution >= 0.6 is 11.8 Å². The maximum atomic E-state index is 12.4. The highest BCUT2D eigenvalue weighted by atomic mass is 32.2. The molecule has 0 spiro atoms. The van der Waals surface area contributed by atoms with Crippen molar-refractivity contribution < 1.29 is 18.8 Å². The topological polar surface area (TPSA) is 94.3 Å². The Hall–Kier alpha value is -2.35.